The quantitative estimate of drug-likeness (QED) is 0.608. The van der Waals surface area contributed by atoms with Crippen LogP contribution in [0.3, 0.4) is 0 Å². The SMILES string of the molecule is CCOc1ccccc1NC(=O)C(C)OC(=O)CCNC(=O)c1ccc(Cl)cc1. The minimum absolute atomic E-state index is 0.0630. The lowest BCUT2D eigenvalue weighted by Gasteiger charge is -2.15. The highest BCUT2D eigenvalue weighted by molar-refractivity contribution is 6.30. The number of anilines is 1. The molecular formula is C21H23ClN2O5. The van der Waals surface area contributed by atoms with Crippen molar-refractivity contribution < 1.29 is 23.9 Å². The molecule has 1 unspecified atom stereocenters. The molecule has 154 valence electrons. The second-order valence-electron chi connectivity index (χ2n) is 6.06. The third-order valence-corrected chi connectivity index (χ3v) is 4.10. The number of benzene rings is 2. The monoisotopic (exact) mass is 418 g/mol. The van der Waals surface area contributed by atoms with Crippen molar-refractivity contribution in [2.75, 3.05) is 18.5 Å². The Kier molecular flexibility index (Phi) is 8.48. The molecule has 8 heteroatoms. The molecule has 0 aliphatic rings. The number of halogens is 1. The van der Waals surface area contributed by atoms with Gasteiger partial charge < -0.3 is 20.1 Å². The molecule has 0 aliphatic carbocycles. The average Bonchev–Trinajstić information content (AvgIpc) is 2.70. The Morgan fingerprint density at radius 1 is 1.07 bits per heavy atom. The van der Waals surface area contributed by atoms with E-state index in [0.29, 0.717) is 28.6 Å². The highest BCUT2D eigenvalue weighted by Gasteiger charge is 2.19. The Bertz CT molecular complexity index is 854. The molecule has 0 spiro atoms. The molecule has 2 aromatic carbocycles. The molecule has 2 aromatic rings. The summed E-state index contributed by atoms with van der Waals surface area (Å²) in [6, 6.07) is 13.4. The van der Waals surface area contributed by atoms with Gasteiger partial charge in [0.05, 0.1) is 18.7 Å². The van der Waals surface area contributed by atoms with Crippen molar-refractivity contribution in [3.8, 4) is 5.75 Å². The summed E-state index contributed by atoms with van der Waals surface area (Å²) in [5.74, 6) is -0.863. The van der Waals surface area contributed by atoms with E-state index < -0.39 is 18.0 Å². The Labute approximate surface area is 174 Å². The zero-order valence-corrected chi connectivity index (χ0v) is 17.0. The zero-order chi connectivity index (χ0) is 21.2. The molecule has 2 amide bonds. The first-order valence-corrected chi connectivity index (χ1v) is 9.54. The molecule has 0 saturated carbocycles. The van der Waals surface area contributed by atoms with Crippen LogP contribution >= 0.6 is 11.6 Å². The van der Waals surface area contributed by atoms with Crippen LogP contribution in [-0.2, 0) is 14.3 Å². The fourth-order valence-electron chi connectivity index (χ4n) is 2.38. The van der Waals surface area contributed by atoms with Gasteiger partial charge in [0.1, 0.15) is 5.75 Å². The largest absolute Gasteiger partial charge is 0.492 e. The normalized spacial score (nSPS) is 11.3. The van der Waals surface area contributed by atoms with E-state index >= 15 is 0 Å². The fraction of sp³-hybridized carbons (Fsp3) is 0.286. The maximum Gasteiger partial charge on any atom is 0.308 e. The predicted molar refractivity (Wildman–Crippen MR) is 110 cm³/mol. The lowest BCUT2D eigenvalue weighted by atomic mass is 10.2. The van der Waals surface area contributed by atoms with E-state index in [1.807, 2.05) is 6.92 Å². The number of para-hydroxylation sites is 2. The minimum atomic E-state index is -0.996. The Morgan fingerprint density at radius 3 is 2.45 bits per heavy atom. The molecule has 7 nitrogen and oxygen atoms in total. The first-order chi connectivity index (χ1) is 13.9. The average molecular weight is 419 g/mol. The van der Waals surface area contributed by atoms with Crippen molar-refractivity contribution in [3.63, 3.8) is 0 Å². The van der Waals surface area contributed by atoms with Gasteiger partial charge >= 0.3 is 5.97 Å². The van der Waals surface area contributed by atoms with E-state index in [2.05, 4.69) is 10.6 Å². The Balaban J connectivity index is 1.77. The number of amides is 2. The Hall–Kier alpha value is -3.06. The number of hydrogen-bond donors (Lipinski definition) is 2. The number of carbonyl (C=O) groups is 3. The summed E-state index contributed by atoms with van der Waals surface area (Å²) in [5.41, 5.74) is 0.931. The number of carbonyl (C=O) groups excluding carboxylic acids is 3. The lowest BCUT2D eigenvalue weighted by molar-refractivity contribution is -0.153. The van der Waals surface area contributed by atoms with E-state index in [0.717, 1.165) is 0 Å². The Morgan fingerprint density at radius 2 is 1.76 bits per heavy atom. The lowest BCUT2D eigenvalue weighted by Crippen LogP contribution is -2.32. The number of hydrogen-bond acceptors (Lipinski definition) is 5. The van der Waals surface area contributed by atoms with Crippen LogP contribution in [0.1, 0.15) is 30.6 Å². The second kappa shape index (κ2) is 11.1. The van der Waals surface area contributed by atoms with Gasteiger partial charge in [-0.25, -0.2) is 0 Å². The van der Waals surface area contributed by atoms with Crippen LogP contribution in [0, 0.1) is 0 Å². The van der Waals surface area contributed by atoms with Crippen LogP contribution in [0.15, 0.2) is 48.5 Å². The maximum atomic E-state index is 12.3. The van der Waals surface area contributed by atoms with Gasteiger partial charge in [0.25, 0.3) is 11.8 Å². The highest BCUT2D eigenvalue weighted by Crippen LogP contribution is 2.23. The number of nitrogens with one attached hydrogen (secondary N) is 2. The molecule has 0 saturated heterocycles. The summed E-state index contributed by atoms with van der Waals surface area (Å²) < 4.78 is 10.6. The molecule has 0 radical (unpaired) electrons. The second-order valence-corrected chi connectivity index (χ2v) is 6.50. The van der Waals surface area contributed by atoms with Gasteiger partial charge in [-0.05, 0) is 50.2 Å². The van der Waals surface area contributed by atoms with Crippen molar-refractivity contribution in [3.05, 3.63) is 59.1 Å². The van der Waals surface area contributed by atoms with Crippen molar-refractivity contribution in [1.29, 1.82) is 0 Å². The van der Waals surface area contributed by atoms with Crippen LogP contribution in [0.25, 0.3) is 0 Å². The van der Waals surface area contributed by atoms with Gasteiger partial charge in [-0.3, -0.25) is 14.4 Å². The van der Waals surface area contributed by atoms with Crippen LogP contribution < -0.4 is 15.4 Å². The smallest absolute Gasteiger partial charge is 0.308 e. The molecule has 2 N–H and O–H groups in total. The topological polar surface area (TPSA) is 93.7 Å². The van der Waals surface area contributed by atoms with E-state index in [1.54, 1.807) is 48.5 Å². The maximum absolute atomic E-state index is 12.3. The fourth-order valence-corrected chi connectivity index (χ4v) is 2.50. The van der Waals surface area contributed by atoms with E-state index in [-0.39, 0.29) is 18.9 Å². The first-order valence-electron chi connectivity index (χ1n) is 9.16. The van der Waals surface area contributed by atoms with Crippen molar-refractivity contribution in [2.24, 2.45) is 0 Å². The molecule has 1 atom stereocenters. The number of esters is 1. The minimum Gasteiger partial charge on any atom is -0.492 e. The first kappa shape index (κ1) is 22.2. The van der Waals surface area contributed by atoms with Crippen molar-refractivity contribution >= 4 is 35.1 Å². The van der Waals surface area contributed by atoms with Crippen molar-refractivity contribution in [2.45, 2.75) is 26.4 Å². The molecular weight excluding hydrogens is 396 g/mol. The molecule has 0 aliphatic heterocycles. The van der Waals surface area contributed by atoms with E-state index in [9.17, 15) is 14.4 Å². The third kappa shape index (κ3) is 7.12. The van der Waals surface area contributed by atoms with Crippen LogP contribution in [0.5, 0.6) is 5.75 Å². The summed E-state index contributed by atoms with van der Waals surface area (Å²) in [6.07, 6.45) is -1.06. The van der Waals surface area contributed by atoms with Crippen molar-refractivity contribution in [1.82, 2.24) is 5.32 Å². The highest BCUT2D eigenvalue weighted by atomic mass is 35.5. The van der Waals surface area contributed by atoms with Crippen LogP contribution in [0.2, 0.25) is 5.02 Å². The van der Waals surface area contributed by atoms with Gasteiger partial charge in [0.2, 0.25) is 0 Å². The summed E-state index contributed by atoms with van der Waals surface area (Å²) in [5, 5.41) is 5.82. The molecule has 0 aromatic heterocycles. The summed E-state index contributed by atoms with van der Waals surface area (Å²) in [4.78, 5) is 36.2. The third-order valence-electron chi connectivity index (χ3n) is 3.84. The van der Waals surface area contributed by atoms with Crippen LogP contribution in [-0.4, -0.2) is 37.0 Å². The standard InChI is InChI=1S/C21H23ClN2O5/c1-3-28-18-7-5-4-6-17(18)24-20(26)14(2)29-19(25)12-13-23-21(27)15-8-10-16(22)11-9-15/h4-11,14H,3,12-13H2,1-2H3,(H,23,27)(H,24,26). The predicted octanol–water partition coefficient (Wildman–Crippen LogP) is 3.43. The molecule has 2 rings (SSSR count). The van der Waals surface area contributed by atoms with Gasteiger partial charge in [0, 0.05) is 17.1 Å². The summed E-state index contributed by atoms with van der Waals surface area (Å²) in [6.45, 7) is 3.86. The van der Waals surface area contributed by atoms with Gasteiger partial charge in [-0.2, -0.15) is 0 Å². The number of ether oxygens (including phenoxy) is 2. The molecule has 0 heterocycles. The van der Waals surface area contributed by atoms with Gasteiger partial charge in [-0.1, -0.05) is 23.7 Å². The van der Waals surface area contributed by atoms with Gasteiger partial charge in [0.15, 0.2) is 6.10 Å². The van der Waals surface area contributed by atoms with E-state index in [4.69, 9.17) is 21.1 Å². The molecule has 29 heavy (non-hydrogen) atoms. The summed E-state index contributed by atoms with van der Waals surface area (Å²) in [7, 11) is 0. The van der Waals surface area contributed by atoms with Gasteiger partial charge in [-0.15, -0.1) is 0 Å². The van der Waals surface area contributed by atoms with E-state index in [1.165, 1.54) is 6.92 Å². The summed E-state index contributed by atoms with van der Waals surface area (Å²) >= 11 is 5.78. The zero-order valence-electron chi connectivity index (χ0n) is 16.2. The number of rotatable bonds is 9. The molecule has 0 bridgehead atoms. The molecule has 0 fully saturated rings. The van der Waals surface area contributed by atoms with Crippen LogP contribution in [0.4, 0.5) is 5.69 Å².